The van der Waals surface area contributed by atoms with Crippen LogP contribution in [0.1, 0.15) is 11.6 Å². The summed E-state index contributed by atoms with van der Waals surface area (Å²) >= 11 is 2.96. The van der Waals surface area contributed by atoms with Crippen molar-refractivity contribution in [1.29, 1.82) is 0 Å². The van der Waals surface area contributed by atoms with Gasteiger partial charge in [-0.2, -0.15) is 4.37 Å². The molecule has 1 atom stereocenters. The molecule has 5 nitrogen and oxygen atoms in total. The SMILES string of the molecule is COc1ccc(C(N)CSc2ncns2)c(OC)c1. The molecule has 2 rings (SSSR count). The second-order valence-corrected chi connectivity index (χ2v) is 5.78. The van der Waals surface area contributed by atoms with Crippen LogP contribution in [0, 0.1) is 0 Å². The van der Waals surface area contributed by atoms with E-state index in [1.807, 2.05) is 18.2 Å². The Morgan fingerprint density at radius 3 is 2.84 bits per heavy atom. The summed E-state index contributed by atoms with van der Waals surface area (Å²) in [6.07, 6.45) is 1.55. The Kier molecular flexibility index (Phi) is 5.00. The van der Waals surface area contributed by atoms with Crippen molar-refractivity contribution in [2.45, 2.75) is 10.4 Å². The fourth-order valence-corrected chi connectivity index (χ4v) is 3.05. The number of thioether (sulfide) groups is 1. The van der Waals surface area contributed by atoms with Crippen molar-refractivity contribution < 1.29 is 9.47 Å². The van der Waals surface area contributed by atoms with Crippen LogP contribution in [0.25, 0.3) is 0 Å². The zero-order valence-electron chi connectivity index (χ0n) is 10.7. The molecule has 19 heavy (non-hydrogen) atoms. The van der Waals surface area contributed by atoms with Crippen LogP contribution >= 0.6 is 23.3 Å². The van der Waals surface area contributed by atoms with Crippen molar-refractivity contribution in [1.82, 2.24) is 9.36 Å². The van der Waals surface area contributed by atoms with E-state index in [0.29, 0.717) is 0 Å². The van der Waals surface area contributed by atoms with Crippen molar-refractivity contribution in [3.8, 4) is 11.5 Å². The van der Waals surface area contributed by atoms with Gasteiger partial charge in [-0.05, 0) is 17.6 Å². The minimum Gasteiger partial charge on any atom is -0.497 e. The van der Waals surface area contributed by atoms with Crippen molar-refractivity contribution in [2.75, 3.05) is 20.0 Å². The van der Waals surface area contributed by atoms with Crippen molar-refractivity contribution in [2.24, 2.45) is 5.73 Å². The fraction of sp³-hybridized carbons (Fsp3) is 0.333. The van der Waals surface area contributed by atoms with E-state index in [1.165, 1.54) is 11.5 Å². The predicted molar refractivity (Wildman–Crippen MR) is 77.1 cm³/mol. The molecule has 0 bridgehead atoms. The Balaban J connectivity index is 2.07. The quantitative estimate of drug-likeness (QED) is 0.825. The van der Waals surface area contributed by atoms with Gasteiger partial charge in [-0.25, -0.2) is 4.98 Å². The molecule has 7 heteroatoms. The highest BCUT2D eigenvalue weighted by molar-refractivity contribution is 8.00. The van der Waals surface area contributed by atoms with E-state index in [4.69, 9.17) is 15.2 Å². The molecule has 0 saturated carbocycles. The van der Waals surface area contributed by atoms with Crippen LogP contribution in [-0.2, 0) is 0 Å². The Bertz CT molecular complexity index is 520. The number of ether oxygens (including phenoxy) is 2. The van der Waals surface area contributed by atoms with Gasteiger partial charge < -0.3 is 15.2 Å². The molecule has 0 aliphatic carbocycles. The maximum atomic E-state index is 6.19. The number of hydrogen-bond donors (Lipinski definition) is 1. The van der Waals surface area contributed by atoms with Crippen LogP contribution in [0.4, 0.5) is 0 Å². The molecule has 1 unspecified atom stereocenters. The van der Waals surface area contributed by atoms with Gasteiger partial charge in [0.2, 0.25) is 0 Å². The van der Waals surface area contributed by atoms with Crippen LogP contribution in [0.2, 0.25) is 0 Å². The van der Waals surface area contributed by atoms with Gasteiger partial charge in [-0.3, -0.25) is 0 Å². The number of methoxy groups -OCH3 is 2. The first-order valence-electron chi connectivity index (χ1n) is 5.61. The summed E-state index contributed by atoms with van der Waals surface area (Å²) in [6, 6.07) is 5.52. The molecular weight excluding hydrogens is 282 g/mol. The number of nitrogens with zero attached hydrogens (tertiary/aromatic N) is 2. The van der Waals surface area contributed by atoms with Gasteiger partial charge in [-0.15, -0.1) is 0 Å². The molecule has 2 N–H and O–H groups in total. The average molecular weight is 297 g/mol. The van der Waals surface area contributed by atoms with Gasteiger partial charge in [0, 0.05) is 23.4 Å². The van der Waals surface area contributed by atoms with Gasteiger partial charge >= 0.3 is 0 Å². The topological polar surface area (TPSA) is 70.3 Å². The minimum atomic E-state index is -0.130. The molecule has 0 fully saturated rings. The number of nitrogens with two attached hydrogens (primary N) is 1. The zero-order chi connectivity index (χ0) is 13.7. The van der Waals surface area contributed by atoms with Gasteiger partial charge in [0.15, 0.2) is 4.34 Å². The predicted octanol–water partition coefficient (Wildman–Crippen LogP) is 2.35. The van der Waals surface area contributed by atoms with E-state index in [1.54, 1.807) is 32.3 Å². The first kappa shape index (κ1) is 14.1. The largest absolute Gasteiger partial charge is 0.497 e. The third-order valence-electron chi connectivity index (χ3n) is 2.57. The maximum absolute atomic E-state index is 6.19. The monoisotopic (exact) mass is 297 g/mol. The van der Waals surface area contributed by atoms with E-state index in [-0.39, 0.29) is 6.04 Å². The summed E-state index contributed by atoms with van der Waals surface area (Å²) in [4.78, 5) is 4.12. The molecule has 0 saturated heterocycles. The summed E-state index contributed by atoms with van der Waals surface area (Å²) in [5, 5.41) is 0. The summed E-state index contributed by atoms with van der Waals surface area (Å²) < 4.78 is 15.4. The third kappa shape index (κ3) is 3.59. The van der Waals surface area contributed by atoms with Crippen molar-refractivity contribution in [3.05, 3.63) is 30.1 Å². The highest BCUT2D eigenvalue weighted by Gasteiger charge is 2.14. The molecule has 0 radical (unpaired) electrons. The fourth-order valence-electron chi connectivity index (χ4n) is 1.60. The van der Waals surface area contributed by atoms with Crippen LogP contribution in [-0.4, -0.2) is 29.3 Å². The lowest BCUT2D eigenvalue weighted by Gasteiger charge is -2.15. The first-order valence-corrected chi connectivity index (χ1v) is 7.37. The van der Waals surface area contributed by atoms with E-state index < -0.39 is 0 Å². The van der Waals surface area contributed by atoms with Crippen LogP contribution < -0.4 is 15.2 Å². The Morgan fingerprint density at radius 1 is 1.37 bits per heavy atom. The van der Waals surface area contributed by atoms with Crippen molar-refractivity contribution in [3.63, 3.8) is 0 Å². The van der Waals surface area contributed by atoms with Gasteiger partial charge in [0.25, 0.3) is 0 Å². The minimum absolute atomic E-state index is 0.130. The van der Waals surface area contributed by atoms with Crippen LogP contribution in [0.15, 0.2) is 28.9 Å². The molecule has 102 valence electrons. The lowest BCUT2D eigenvalue weighted by molar-refractivity contribution is 0.389. The van der Waals surface area contributed by atoms with Gasteiger partial charge in [-0.1, -0.05) is 17.8 Å². The van der Waals surface area contributed by atoms with Crippen LogP contribution in [0.3, 0.4) is 0 Å². The molecule has 2 aromatic rings. The maximum Gasteiger partial charge on any atom is 0.169 e. The molecular formula is C12H15N3O2S2. The molecule has 0 spiro atoms. The second-order valence-electron chi connectivity index (χ2n) is 3.73. The molecule has 1 aromatic carbocycles. The molecule has 0 aliphatic heterocycles. The Morgan fingerprint density at radius 2 is 2.21 bits per heavy atom. The molecule has 0 amide bonds. The highest BCUT2D eigenvalue weighted by atomic mass is 32.2. The Labute approximate surface area is 120 Å². The lowest BCUT2D eigenvalue weighted by atomic mass is 10.1. The van der Waals surface area contributed by atoms with Gasteiger partial charge in [0.1, 0.15) is 17.8 Å². The summed E-state index contributed by atoms with van der Waals surface area (Å²) in [5.74, 6) is 2.21. The standard InChI is InChI=1S/C12H15N3O2S2/c1-16-8-3-4-9(11(5-8)17-2)10(13)6-18-12-14-7-15-19-12/h3-5,7,10H,6,13H2,1-2H3. The zero-order valence-corrected chi connectivity index (χ0v) is 12.3. The third-order valence-corrected chi connectivity index (χ3v) is 4.48. The number of rotatable bonds is 6. The smallest absolute Gasteiger partial charge is 0.169 e. The lowest BCUT2D eigenvalue weighted by Crippen LogP contribution is -2.14. The summed E-state index contributed by atoms with van der Waals surface area (Å²) in [5.41, 5.74) is 7.15. The molecule has 1 aromatic heterocycles. The average Bonchev–Trinajstić information content (AvgIpc) is 2.97. The van der Waals surface area contributed by atoms with Crippen molar-refractivity contribution >= 4 is 23.3 Å². The van der Waals surface area contributed by atoms with Gasteiger partial charge in [0.05, 0.1) is 14.2 Å². The molecule has 0 aliphatic rings. The van der Waals surface area contributed by atoms with E-state index >= 15 is 0 Å². The highest BCUT2D eigenvalue weighted by Crippen LogP contribution is 2.31. The number of hydrogen-bond acceptors (Lipinski definition) is 7. The van der Waals surface area contributed by atoms with E-state index in [0.717, 1.165) is 27.2 Å². The van der Waals surface area contributed by atoms with E-state index in [2.05, 4.69) is 9.36 Å². The first-order chi connectivity index (χ1) is 9.24. The number of aromatic nitrogens is 2. The van der Waals surface area contributed by atoms with E-state index in [9.17, 15) is 0 Å². The summed E-state index contributed by atoms with van der Waals surface area (Å²) in [6.45, 7) is 0. The van der Waals surface area contributed by atoms with Crippen LogP contribution in [0.5, 0.6) is 11.5 Å². The Hall–Kier alpha value is -1.31. The summed E-state index contributed by atoms with van der Waals surface area (Å²) in [7, 11) is 3.25. The normalized spacial score (nSPS) is 12.2. The number of benzene rings is 1. The molecule has 1 heterocycles. The second kappa shape index (κ2) is 6.74.